The second kappa shape index (κ2) is 6.72. The molecule has 4 aromatic rings. The first kappa shape index (κ1) is 15.9. The second-order valence-corrected chi connectivity index (χ2v) is 5.96. The van der Waals surface area contributed by atoms with Crippen LogP contribution < -0.4 is 4.90 Å². The fourth-order valence-corrected chi connectivity index (χ4v) is 2.89. The number of carbonyl (C=O) groups is 1. The summed E-state index contributed by atoms with van der Waals surface area (Å²) in [5.74, 6) is -0.177. The van der Waals surface area contributed by atoms with Gasteiger partial charge in [-0.3, -0.25) is 4.79 Å². The van der Waals surface area contributed by atoms with Gasteiger partial charge in [0.25, 0.3) is 5.91 Å². The van der Waals surface area contributed by atoms with Gasteiger partial charge >= 0.3 is 0 Å². The minimum absolute atomic E-state index is 0.0425. The monoisotopic (exact) mass is 343 g/mol. The smallest absolute Gasteiger partial charge is 0.278 e. The average Bonchev–Trinajstić information content (AvgIpc) is 3.13. The standard InChI is InChI=1S/C21H17N3O2/c25-19-12-7-13-23-15-18(22-20(19)23)21(26)24(17-10-5-2-6-11-17)14-16-8-3-1-4-9-16/h1-13,15,25H,14H2. The number of aromatic hydroxyl groups is 1. The Labute approximate surface area is 150 Å². The minimum Gasteiger partial charge on any atom is -0.504 e. The largest absolute Gasteiger partial charge is 0.504 e. The summed E-state index contributed by atoms with van der Waals surface area (Å²) in [6.45, 7) is 0.434. The number of nitrogens with zero attached hydrogens (tertiary/aromatic N) is 3. The van der Waals surface area contributed by atoms with E-state index < -0.39 is 0 Å². The molecule has 4 rings (SSSR count). The maximum atomic E-state index is 13.2. The number of anilines is 1. The van der Waals surface area contributed by atoms with E-state index in [4.69, 9.17) is 0 Å². The van der Waals surface area contributed by atoms with Crippen LogP contribution in [-0.2, 0) is 6.54 Å². The van der Waals surface area contributed by atoms with Crippen molar-refractivity contribution in [1.82, 2.24) is 9.38 Å². The number of rotatable bonds is 4. The summed E-state index contributed by atoms with van der Waals surface area (Å²) in [5.41, 5.74) is 2.47. The Morgan fingerprint density at radius 3 is 2.35 bits per heavy atom. The molecule has 5 heteroatoms. The maximum absolute atomic E-state index is 13.2. The molecule has 0 radical (unpaired) electrons. The Balaban J connectivity index is 1.74. The van der Waals surface area contributed by atoms with Gasteiger partial charge < -0.3 is 14.4 Å². The molecular weight excluding hydrogens is 326 g/mol. The number of hydrogen-bond donors (Lipinski definition) is 1. The third-order valence-corrected chi connectivity index (χ3v) is 4.18. The van der Waals surface area contributed by atoms with Crippen LogP contribution in [0.5, 0.6) is 5.75 Å². The molecule has 0 unspecified atom stereocenters. The highest BCUT2D eigenvalue weighted by molar-refractivity contribution is 6.05. The van der Waals surface area contributed by atoms with E-state index in [9.17, 15) is 9.90 Å². The van der Waals surface area contributed by atoms with E-state index >= 15 is 0 Å². The highest BCUT2D eigenvalue weighted by Crippen LogP contribution is 2.22. The molecule has 0 aliphatic heterocycles. The van der Waals surface area contributed by atoms with Crippen molar-refractivity contribution < 1.29 is 9.90 Å². The predicted molar refractivity (Wildman–Crippen MR) is 100 cm³/mol. The van der Waals surface area contributed by atoms with Crippen molar-refractivity contribution in [2.45, 2.75) is 6.54 Å². The van der Waals surface area contributed by atoms with E-state index in [1.54, 1.807) is 33.8 Å². The zero-order valence-electron chi connectivity index (χ0n) is 14.0. The molecule has 0 saturated carbocycles. The summed E-state index contributed by atoms with van der Waals surface area (Å²) in [6, 6.07) is 22.6. The first-order valence-electron chi connectivity index (χ1n) is 8.30. The average molecular weight is 343 g/mol. The third-order valence-electron chi connectivity index (χ3n) is 4.18. The Morgan fingerprint density at radius 2 is 1.65 bits per heavy atom. The van der Waals surface area contributed by atoms with Crippen LogP contribution in [0.15, 0.2) is 85.2 Å². The quantitative estimate of drug-likeness (QED) is 0.612. The summed E-state index contributed by atoms with van der Waals surface area (Å²) < 4.78 is 1.65. The summed E-state index contributed by atoms with van der Waals surface area (Å²) in [6.07, 6.45) is 3.39. The lowest BCUT2D eigenvalue weighted by Gasteiger charge is -2.22. The van der Waals surface area contributed by atoms with Gasteiger partial charge in [-0.25, -0.2) is 4.98 Å². The SMILES string of the molecule is O=C(c1cn2cccc(O)c2n1)N(Cc1ccccc1)c1ccccc1. The van der Waals surface area contributed by atoms with E-state index in [1.807, 2.05) is 60.7 Å². The Morgan fingerprint density at radius 1 is 0.962 bits per heavy atom. The molecule has 1 amide bonds. The summed E-state index contributed by atoms with van der Waals surface area (Å²) >= 11 is 0. The van der Waals surface area contributed by atoms with Crippen LogP contribution in [0.2, 0.25) is 0 Å². The number of imidazole rings is 1. The van der Waals surface area contributed by atoms with Gasteiger partial charge in [-0.15, -0.1) is 0 Å². The topological polar surface area (TPSA) is 57.8 Å². The second-order valence-electron chi connectivity index (χ2n) is 5.96. The van der Waals surface area contributed by atoms with Crippen molar-refractivity contribution in [3.8, 4) is 5.75 Å². The first-order valence-corrected chi connectivity index (χ1v) is 8.30. The molecular formula is C21H17N3O2. The van der Waals surface area contributed by atoms with Gasteiger partial charge in [0, 0.05) is 18.1 Å². The number of amides is 1. The van der Waals surface area contributed by atoms with Gasteiger partial charge in [0.05, 0.1) is 6.54 Å². The van der Waals surface area contributed by atoms with Crippen molar-refractivity contribution in [3.05, 3.63) is 96.4 Å². The van der Waals surface area contributed by atoms with Gasteiger partial charge in [-0.05, 0) is 29.8 Å². The highest BCUT2D eigenvalue weighted by atomic mass is 16.3. The molecule has 5 nitrogen and oxygen atoms in total. The molecule has 0 atom stereocenters. The van der Waals surface area contributed by atoms with Crippen LogP contribution in [0.1, 0.15) is 16.1 Å². The van der Waals surface area contributed by atoms with Gasteiger partial charge in [-0.2, -0.15) is 0 Å². The summed E-state index contributed by atoms with van der Waals surface area (Å²) in [5, 5.41) is 9.95. The van der Waals surface area contributed by atoms with Gasteiger partial charge in [0.2, 0.25) is 0 Å². The molecule has 0 aliphatic carbocycles. The molecule has 128 valence electrons. The zero-order valence-corrected chi connectivity index (χ0v) is 14.0. The first-order chi connectivity index (χ1) is 12.7. The fourth-order valence-electron chi connectivity index (χ4n) is 2.89. The van der Waals surface area contributed by atoms with Crippen molar-refractivity contribution in [3.63, 3.8) is 0 Å². The number of carbonyl (C=O) groups excluding carboxylic acids is 1. The highest BCUT2D eigenvalue weighted by Gasteiger charge is 2.21. The lowest BCUT2D eigenvalue weighted by atomic mass is 10.2. The lowest BCUT2D eigenvalue weighted by Crippen LogP contribution is -2.30. The summed E-state index contributed by atoms with van der Waals surface area (Å²) in [4.78, 5) is 19.2. The van der Waals surface area contributed by atoms with Crippen LogP contribution in [0.25, 0.3) is 5.65 Å². The zero-order chi connectivity index (χ0) is 17.9. The molecule has 2 aromatic heterocycles. The fraction of sp³-hybridized carbons (Fsp3) is 0.0476. The molecule has 0 saturated heterocycles. The molecule has 2 aromatic carbocycles. The van der Waals surface area contributed by atoms with Crippen molar-refractivity contribution in [2.24, 2.45) is 0 Å². The molecule has 26 heavy (non-hydrogen) atoms. The molecule has 0 bridgehead atoms. The molecule has 0 aliphatic rings. The number of benzene rings is 2. The van der Waals surface area contributed by atoms with Crippen LogP contribution in [-0.4, -0.2) is 20.4 Å². The van der Waals surface area contributed by atoms with E-state index in [0.29, 0.717) is 12.2 Å². The van der Waals surface area contributed by atoms with Crippen molar-refractivity contribution >= 4 is 17.2 Å². The summed E-state index contributed by atoms with van der Waals surface area (Å²) in [7, 11) is 0. The molecule has 0 fully saturated rings. The number of hydrogen-bond acceptors (Lipinski definition) is 3. The van der Waals surface area contributed by atoms with E-state index in [0.717, 1.165) is 11.3 Å². The third kappa shape index (κ3) is 3.02. The van der Waals surface area contributed by atoms with Crippen LogP contribution in [0, 0.1) is 0 Å². The van der Waals surface area contributed by atoms with E-state index in [2.05, 4.69) is 4.98 Å². The predicted octanol–water partition coefficient (Wildman–Crippen LogP) is 3.89. The Kier molecular flexibility index (Phi) is 4.11. The number of fused-ring (bicyclic) bond motifs is 1. The van der Waals surface area contributed by atoms with E-state index in [-0.39, 0.29) is 17.4 Å². The minimum atomic E-state index is -0.219. The van der Waals surface area contributed by atoms with Gasteiger partial charge in [0.1, 0.15) is 5.69 Å². The molecule has 2 heterocycles. The van der Waals surface area contributed by atoms with Crippen LogP contribution in [0.4, 0.5) is 5.69 Å². The molecule has 0 spiro atoms. The van der Waals surface area contributed by atoms with Crippen LogP contribution >= 0.6 is 0 Å². The van der Waals surface area contributed by atoms with Crippen molar-refractivity contribution in [2.75, 3.05) is 4.90 Å². The number of pyridine rings is 1. The molecule has 1 N–H and O–H groups in total. The van der Waals surface area contributed by atoms with Gasteiger partial charge in [-0.1, -0.05) is 48.5 Å². The lowest BCUT2D eigenvalue weighted by molar-refractivity contribution is 0.0981. The Bertz CT molecular complexity index is 1040. The number of para-hydroxylation sites is 1. The van der Waals surface area contributed by atoms with Crippen LogP contribution in [0.3, 0.4) is 0 Å². The van der Waals surface area contributed by atoms with E-state index in [1.165, 1.54) is 0 Å². The Hall–Kier alpha value is -3.60. The van der Waals surface area contributed by atoms with Crippen molar-refractivity contribution in [1.29, 1.82) is 0 Å². The number of aromatic nitrogens is 2. The normalized spacial score (nSPS) is 10.8. The van der Waals surface area contributed by atoms with Gasteiger partial charge in [0.15, 0.2) is 11.4 Å². The maximum Gasteiger partial charge on any atom is 0.278 e.